The zero-order chi connectivity index (χ0) is 13.1. The third kappa shape index (κ3) is 7.33. The van der Waals surface area contributed by atoms with Crippen LogP contribution in [0.5, 0.6) is 5.75 Å². The average Bonchev–Trinajstić information content (AvgIpc) is 2.37. The summed E-state index contributed by atoms with van der Waals surface area (Å²) in [5.41, 5.74) is 1.26. The molecule has 0 amide bonds. The summed E-state index contributed by atoms with van der Waals surface area (Å²) in [5.74, 6) is 1.00. The van der Waals surface area contributed by atoms with Crippen molar-refractivity contribution in [3.05, 3.63) is 29.8 Å². The van der Waals surface area contributed by atoms with Crippen LogP contribution in [0.15, 0.2) is 24.3 Å². The van der Waals surface area contributed by atoms with Crippen molar-refractivity contribution >= 4 is 0 Å². The molecule has 0 aliphatic rings. The van der Waals surface area contributed by atoms with E-state index in [1.165, 1.54) is 44.3 Å². The van der Waals surface area contributed by atoms with E-state index in [1.807, 2.05) is 12.1 Å². The summed E-state index contributed by atoms with van der Waals surface area (Å²) in [6.07, 6.45) is 6.39. The maximum Gasteiger partial charge on any atom is 0.119 e. The third-order valence-electron chi connectivity index (χ3n) is 3.07. The minimum Gasteiger partial charge on any atom is -0.494 e. The molecule has 0 aliphatic carbocycles. The van der Waals surface area contributed by atoms with Crippen LogP contribution < -0.4 is 10.1 Å². The Morgan fingerprint density at radius 3 is 2.67 bits per heavy atom. The van der Waals surface area contributed by atoms with Gasteiger partial charge in [0, 0.05) is 0 Å². The summed E-state index contributed by atoms with van der Waals surface area (Å²) in [6.45, 7) is 7.74. The van der Waals surface area contributed by atoms with E-state index in [0.717, 1.165) is 18.8 Å². The summed E-state index contributed by atoms with van der Waals surface area (Å²) in [7, 11) is 0. The molecular weight excluding hydrogens is 222 g/mol. The molecule has 1 aromatic carbocycles. The molecule has 2 N–H and O–H groups in total. The van der Waals surface area contributed by atoms with Crippen molar-refractivity contribution in [2.45, 2.75) is 46.0 Å². The van der Waals surface area contributed by atoms with Crippen molar-refractivity contribution in [2.75, 3.05) is 19.7 Å². The molecule has 18 heavy (non-hydrogen) atoms. The van der Waals surface area contributed by atoms with Crippen LogP contribution in [0.1, 0.15) is 44.6 Å². The van der Waals surface area contributed by atoms with Gasteiger partial charge in [-0.3, -0.25) is 0 Å². The van der Waals surface area contributed by atoms with Gasteiger partial charge in [0.05, 0.1) is 19.7 Å². The predicted molar refractivity (Wildman–Crippen MR) is 77.1 cm³/mol. The Hall–Kier alpha value is -1.02. The first-order valence-electron chi connectivity index (χ1n) is 7.34. The summed E-state index contributed by atoms with van der Waals surface area (Å²) in [5, 5.41) is 2.44. The predicted octanol–water partition coefficient (Wildman–Crippen LogP) is 2.91. The number of unbranched alkanes of at least 4 members (excludes halogenated alkanes) is 3. The van der Waals surface area contributed by atoms with Crippen LogP contribution >= 0.6 is 0 Å². The maximum absolute atomic E-state index is 5.72. The zero-order valence-electron chi connectivity index (χ0n) is 12.0. The van der Waals surface area contributed by atoms with Crippen molar-refractivity contribution in [1.82, 2.24) is 0 Å². The lowest BCUT2D eigenvalue weighted by atomic mass is 10.2. The van der Waals surface area contributed by atoms with Crippen LogP contribution in [0.3, 0.4) is 0 Å². The van der Waals surface area contributed by atoms with Crippen LogP contribution in [0.25, 0.3) is 0 Å². The minimum absolute atomic E-state index is 0.846. The van der Waals surface area contributed by atoms with Crippen molar-refractivity contribution in [3.8, 4) is 5.75 Å². The zero-order valence-corrected chi connectivity index (χ0v) is 12.0. The smallest absolute Gasteiger partial charge is 0.119 e. The molecule has 0 heterocycles. The summed E-state index contributed by atoms with van der Waals surface area (Å²) >= 11 is 0. The van der Waals surface area contributed by atoms with E-state index in [2.05, 4.69) is 31.3 Å². The summed E-state index contributed by atoms with van der Waals surface area (Å²) < 4.78 is 5.72. The molecule has 0 spiro atoms. The number of benzene rings is 1. The summed E-state index contributed by atoms with van der Waals surface area (Å²) in [4.78, 5) is 0. The topological polar surface area (TPSA) is 25.8 Å². The summed E-state index contributed by atoms with van der Waals surface area (Å²) in [6, 6.07) is 8.27. The number of rotatable bonds is 10. The Labute approximate surface area is 112 Å². The molecule has 2 nitrogen and oxygen atoms in total. The van der Waals surface area contributed by atoms with Gasteiger partial charge in [-0.05, 0) is 50.3 Å². The SMILES string of the molecule is CCCC[NH2+]CCCCCOc1cccc(C)c1. The highest BCUT2D eigenvalue weighted by atomic mass is 16.5. The first kappa shape index (κ1) is 15.0. The van der Waals surface area contributed by atoms with Crippen LogP contribution in [-0.2, 0) is 0 Å². The molecule has 0 unspecified atom stereocenters. The fourth-order valence-electron chi connectivity index (χ4n) is 1.96. The fraction of sp³-hybridized carbons (Fsp3) is 0.625. The van der Waals surface area contributed by atoms with E-state index < -0.39 is 0 Å². The van der Waals surface area contributed by atoms with Gasteiger partial charge in [0.1, 0.15) is 5.75 Å². The molecule has 0 aromatic heterocycles. The highest BCUT2D eigenvalue weighted by Crippen LogP contribution is 2.12. The van der Waals surface area contributed by atoms with E-state index in [4.69, 9.17) is 4.74 Å². The van der Waals surface area contributed by atoms with E-state index >= 15 is 0 Å². The van der Waals surface area contributed by atoms with Gasteiger partial charge in [-0.1, -0.05) is 25.5 Å². The number of hydrogen-bond acceptors (Lipinski definition) is 1. The molecule has 0 fully saturated rings. The van der Waals surface area contributed by atoms with E-state index in [1.54, 1.807) is 0 Å². The molecule has 102 valence electrons. The third-order valence-corrected chi connectivity index (χ3v) is 3.07. The molecular formula is C16H28NO+. The molecule has 0 saturated heterocycles. The maximum atomic E-state index is 5.72. The Balaban J connectivity index is 1.92. The highest BCUT2D eigenvalue weighted by molar-refractivity contribution is 5.27. The number of nitrogens with two attached hydrogens (primary N) is 1. The monoisotopic (exact) mass is 250 g/mol. The van der Waals surface area contributed by atoms with Gasteiger partial charge in [-0.25, -0.2) is 0 Å². The fourth-order valence-corrected chi connectivity index (χ4v) is 1.96. The lowest BCUT2D eigenvalue weighted by molar-refractivity contribution is -0.655. The lowest BCUT2D eigenvalue weighted by Gasteiger charge is -2.06. The van der Waals surface area contributed by atoms with Crippen molar-refractivity contribution in [3.63, 3.8) is 0 Å². The second-order valence-corrected chi connectivity index (χ2v) is 4.95. The minimum atomic E-state index is 0.846. The second kappa shape index (κ2) is 9.95. The molecule has 0 bridgehead atoms. The average molecular weight is 250 g/mol. The van der Waals surface area contributed by atoms with Gasteiger partial charge in [0.2, 0.25) is 0 Å². The van der Waals surface area contributed by atoms with Gasteiger partial charge in [-0.15, -0.1) is 0 Å². The standard InChI is InChI=1S/C16H27NO/c1-3-4-11-17-12-6-5-7-13-18-16-10-8-9-15(2)14-16/h8-10,14,17H,3-7,11-13H2,1-2H3/p+1. The Morgan fingerprint density at radius 2 is 1.89 bits per heavy atom. The molecule has 1 rings (SSSR count). The molecule has 1 aromatic rings. The normalized spacial score (nSPS) is 10.6. The number of quaternary nitrogens is 1. The van der Waals surface area contributed by atoms with E-state index in [0.29, 0.717) is 0 Å². The van der Waals surface area contributed by atoms with Gasteiger partial charge < -0.3 is 10.1 Å². The number of hydrogen-bond donors (Lipinski definition) is 1. The van der Waals surface area contributed by atoms with E-state index in [-0.39, 0.29) is 0 Å². The Bertz CT molecular complexity index is 312. The van der Waals surface area contributed by atoms with Crippen molar-refractivity contribution < 1.29 is 10.1 Å². The lowest BCUT2D eigenvalue weighted by Crippen LogP contribution is -2.84. The Morgan fingerprint density at radius 1 is 1.06 bits per heavy atom. The molecule has 0 aliphatic heterocycles. The van der Waals surface area contributed by atoms with Crippen LogP contribution in [0.2, 0.25) is 0 Å². The molecule has 0 saturated carbocycles. The number of ether oxygens (including phenoxy) is 1. The van der Waals surface area contributed by atoms with Gasteiger partial charge >= 0.3 is 0 Å². The van der Waals surface area contributed by atoms with Gasteiger partial charge in [0.15, 0.2) is 0 Å². The highest BCUT2D eigenvalue weighted by Gasteiger charge is 1.95. The quantitative estimate of drug-likeness (QED) is 0.635. The van der Waals surface area contributed by atoms with Crippen LogP contribution in [0, 0.1) is 6.92 Å². The Kier molecular flexibility index (Phi) is 8.32. The van der Waals surface area contributed by atoms with Crippen LogP contribution in [0.4, 0.5) is 0 Å². The van der Waals surface area contributed by atoms with Crippen LogP contribution in [-0.4, -0.2) is 19.7 Å². The molecule has 2 heteroatoms. The van der Waals surface area contributed by atoms with Gasteiger partial charge in [-0.2, -0.15) is 0 Å². The first-order chi connectivity index (χ1) is 8.83. The van der Waals surface area contributed by atoms with E-state index in [9.17, 15) is 0 Å². The number of aryl methyl sites for hydroxylation is 1. The molecule has 0 radical (unpaired) electrons. The first-order valence-corrected chi connectivity index (χ1v) is 7.34. The van der Waals surface area contributed by atoms with Gasteiger partial charge in [0.25, 0.3) is 0 Å². The van der Waals surface area contributed by atoms with Crippen molar-refractivity contribution in [2.24, 2.45) is 0 Å². The molecule has 0 atom stereocenters. The largest absolute Gasteiger partial charge is 0.494 e. The second-order valence-electron chi connectivity index (χ2n) is 4.95. The van der Waals surface area contributed by atoms with Crippen molar-refractivity contribution in [1.29, 1.82) is 0 Å².